The van der Waals surface area contributed by atoms with E-state index in [0.29, 0.717) is 23.0 Å². The Morgan fingerprint density at radius 2 is 1.51 bits per heavy atom. The van der Waals surface area contributed by atoms with Crippen LogP contribution in [-0.2, 0) is 11.2 Å². The van der Waals surface area contributed by atoms with E-state index in [1.807, 2.05) is 54.6 Å². The van der Waals surface area contributed by atoms with Gasteiger partial charge >= 0.3 is 5.97 Å². The van der Waals surface area contributed by atoms with Gasteiger partial charge in [-0.1, -0.05) is 60.7 Å². The first-order chi connectivity index (χ1) is 20.9. The summed E-state index contributed by atoms with van der Waals surface area (Å²) in [5, 5.41) is 18.2. The van der Waals surface area contributed by atoms with Crippen molar-refractivity contribution >= 4 is 40.8 Å². The van der Waals surface area contributed by atoms with Gasteiger partial charge in [-0.3, -0.25) is 9.59 Å². The number of nitrogens with zero attached hydrogens (tertiary/aromatic N) is 2. The van der Waals surface area contributed by atoms with Crippen molar-refractivity contribution in [2.45, 2.75) is 12.5 Å². The summed E-state index contributed by atoms with van der Waals surface area (Å²) in [7, 11) is 0. The van der Waals surface area contributed by atoms with Crippen LogP contribution >= 0.6 is 0 Å². The van der Waals surface area contributed by atoms with Crippen molar-refractivity contribution in [3.8, 4) is 11.3 Å². The smallest absolute Gasteiger partial charge is 0.336 e. The van der Waals surface area contributed by atoms with Crippen molar-refractivity contribution < 1.29 is 19.5 Å². The van der Waals surface area contributed by atoms with Gasteiger partial charge in [0.05, 0.1) is 16.8 Å². The van der Waals surface area contributed by atoms with Gasteiger partial charge < -0.3 is 26.8 Å². The highest BCUT2D eigenvalue weighted by Gasteiger charge is 2.24. The molecule has 1 heterocycles. The van der Waals surface area contributed by atoms with Crippen LogP contribution in [0.1, 0.15) is 26.3 Å². The molecule has 1 atom stereocenters. The first kappa shape index (κ1) is 28.5. The third-order valence-corrected chi connectivity index (χ3v) is 6.55. The molecule has 6 N–H and O–H groups in total. The monoisotopic (exact) mass is 572 g/mol. The molecule has 0 spiro atoms. The number of amides is 2. The lowest BCUT2D eigenvalue weighted by Crippen LogP contribution is -2.45. The standard InChI is InChI=1S/C33H28N6O4/c34-23-9-6-10-25(20-23)37-33-35-18-17-28(39-33)22-13-15-24(16-14-22)36-31(41)29(19-21-7-2-1-3-8-21)38-30(40)26-11-4-5-12-27(26)32(42)43/h1-18,20,29H,19,34H2,(H,36,41)(H,38,40)(H,42,43)(H,35,37,39)/t29-/m1/s1. The summed E-state index contributed by atoms with van der Waals surface area (Å²) >= 11 is 0. The SMILES string of the molecule is Nc1cccc(Nc2nccc(-c3ccc(NC(=O)[C@@H](Cc4ccccc4)NC(=O)c4ccccc4C(=O)O)cc3)n2)c1. The molecule has 0 aliphatic carbocycles. The summed E-state index contributed by atoms with van der Waals surface area (Å²) in [6.45, 7) is 0. The van der Waals surface area contributed by atoms with Crippen molar-refractivity contribution in [3.63, 3.8) is 0 Å². The van der Waals surface area contributed by atoms with Crippen LogP contribution in [0.15, 0.2) is 115 Å². The lowest BCUT2D eigenvalue weighted by Gasteiger charge is -2.19. The second-order valence-corrected chi connectivity index (χ2v) is 9.65. The number of nitrogens with one attached hydrogen (secondary N) is 3. The third-order valence-electron chi connectivity index (χ3n) is 6.55. The Balaban J connectivity index is 1.31. The minimum Gasteiger partial charge on any atom is -0.478 e. The first-order valence-corrected chi connectivity index (χ1v) is 13.4. The molecule has 2 amide bonds. The highest BCUT2D eigenvalue weighted by atomic mass is 16.4. The molecule has 0 aliphatic rings. The quantitative estimate of drug-likeness (QED) is 0.144. The van der Waals surface area contributed by atoms with E-state index in [2.05, 4.69) is 25.9 Å². The average Bonchev–Trinajstić information content (AvgIpc) is 3.01. The summed E-state index contributed by atoms with van der Waals surface area (Å²) in [6.07, 6.45) is 1.85. The second-order valence-electron chi connectivity index (χ2n) is 9.65. The number of benzene rings is 4. The first-order valence-electron chi connectivity index (χ1n) is 13.4. The van der Waals surface area contributed by atoms with Gasteiger partial charge in [-0.2, -0.15) is 0 Å². The number of nitrogens with two attached hydrogens (primary N) is 1. The molecular formula is C33H28N6O4. The second kappa shape index (κ2) is 13.1. The van der Waals surface area contributed by atoms with Crippen molar-refractivity contribution in [2.24, 2.45) is 0 Å². The number of nitrogen functional groups attached to an aromatic ring is 1. The largest absolute Gasteiger partial charge is 0.478 e. The van der Waals surface area contributed by atoms with Crippen LogP contribution in [0.3, 0.4) is 0 Å². The molecule has 43 heavy (non-hydrogen) atoms. The topological polar surface area (TPSA) is 159 Å². The Labute approximate surface area is 247 Å². The molecule has 0 aliphatic heterocycles. The van der Waals surface area contributed by atoms with Crippen molar-refractivity contribution in [3.05, 3.63) is 132 Å². The molecule has 0 bridgehead atoms. The fourth-order valence-corrected chi connectivity index (χ4v) is 4.44. The number of rotatable bonds is 10. The van der Waals surface area contributed by atoms with E-state index < -0.39 is 23.8 Å². The Bertz CT molecular complexity index is 1760. The van der Waals surface area contributed by atoms with Gasteiger partial charge in [0.15, 0.2) is 0 Å². The van der Waals surface area contributed by atoms with Gasteiger partial charge in [0.1, 0.15) is 6.04 Å². The molecule has 0 saturated heterocycles. The highest BCUT2D eigenvalue weighted by molar-refractivity contribution is 6.07. The number of carbonyl (C=O) groups excluding carboxylic acids is 2. The molecule has 0 unspecified atom stereocenters. The number of aromatic nitrogens is 2. The number of aromatic carboxylic acids is 1. The zero-order valence-electron chi connectivity index (χ0n) is 22.9. The van der Waals surface area contributed by atoms with Gasteiger partial charge in [-0.05, 0) is 54.1 Å². The van der Waals surface area contributed by atoms with E-state index in [9.17, 15) is 19.5 Å². The average molecular weight is 573 g/mol. The van der Waals surface area contributed by atoms with Crippen LogP contribution in [-0.4, -0.2) is 38.9 Å². The van der Waals surface area contributed by atoms with E-state index >= 15 is 0 Å². The zero-order valence-corrected chi connectivity index (χ0v) is 22.9. The lowest BCUT2D eigenvalue weighted by atomic mass is 10.0. The van der Waals surface area contributed by atoms with Gasteiger partial charge in [-0.25, -0.2) is 14.8 Å². The highest BCUT2D eigenvalue weighted by Crippen LogP contribution is 2.22. The minimum atomic E-state index is -1.23. The van der Waals surface area contributed by atoms with Crippen molar-refractivity contribution in [2.75, 3.05) is 16.4 Å². The Morgan fingerprint density at radius 1 is 0.791 bits per heavy atom. The Kier molecular flexibility index (Phi) is 8.67. The Morgan fingerprint density at radius 3 is 2.23 bits per heavy atom. The summed E-state index contributed by atoms with van der Waals surface area (Å²) in [4.78, 5) is 47.0. The van der Waals surface area contributed by atoms with Crippen LogP contribution in [0.2, 0.25) is 0 Å². The molecular weight excluding hydrogens is 544 g/mol. The zero-order chi connectivity index (χ0) is 30.2. The van der Waals surface area contributed by atoms with Crippen LogP contribution in [0, 0.1) is 0 Å². The maximum Gasteiger partial charge on any atom is 0.336 e. The van der Waals surface area contributed by atoms with E-state index in [4.69, 9.17) is 5.73 Å². The third kappa shape index (κ3) is 7.39. The van der Waals surface area contributed by atoms with Crippen LogP contribution in [0.4, 0.5) is 23.0 Å². The molecule has 10 heteroatoms. The normalized spacial score (nSPS) is 11.3. The van der Waals surface area contributed by atoms with E-state index in [-0.39, 0.29) is 17.5 Å². The van der Waals surface area contributed by atoms with E-state index in [1.165, 1.54) is 18.2 Å². The summed E-state index contributed by atoms with van der Waals surface area (Å²) in [6, 6.07) is 30.3. The molecule has 214 valence electrons. The number of carbonyl (C=O) groups is 3. The van der Waals surface area contributed by atoms with Gasteiger partial charge in [0.2, 0.25) is 11.9 Å². The molecule has 10 nitrogen and oxygen atoms in total. The molecule has 1 aromatic heterocycles. The summed E-state index contributed by atoms with van der Waals surface area (Å²) in [5.41, 5.74) is 9.88. The lowest BCUT2D eigenvalue weighted by molar-refractivity contribution is -0.118. The predicted octanol–water partition coefficient (Wildman–Crippen LogP) is 5.15. The number of hydrogen-bond acceptors (Lipinski definition) is 7. The fraction of sp³-hybridized carbons (Fsp3) is 0.0606. The molecule has 4 aromatic carbocycles. The van der Waals surface area contributed by atoms with Crippen molar-refractivity contribution in [1.82, 2.24) is 15.3 Å². The molecule has 5 aromatic rings. The maximum atomic E-state index is 13.4. The number of hydrogen-bond donors (Lipinski definition) is 5. The van der Waals surface area contributed by atoms with Crippen molar-refractivity contribution in [1.29, 1.82) is 0 Å². The van der Waals surface area contributed by atoms with Gasteiger partial charge in [0.25, 0.3) is 5.91 Å². The Hall–Kier alpha value is -6.03. The summed E-state index contributed by atoms with van der Waals surface area (Å²) < 4.78 is 0. The van der Waals surface area contributed by atoms with E-state index in [0.717, 1.165) is 16.8 Å². The molecule has 5 rings (SSSR count). The number of carboxylic acid groups (broad SMARTS) is 1. The predicted molar refractivity (Wildman–Crippen MR) is 165 cm³/mol. The van der Waals surface area contributed by atoms with Crippen LogP contribution in [0.5, 0.6) is 0 Å². The minimum absolute atomic E-state index is 0.0281. The van der Waals surface area contributed by atoms with Gasteiger partial charge in [0, 0.05) is 35.2 Å². The van der Waals surface area contributed by atoms with E-state index in [1.54, 1.807) is 42.6 Å². The number of carboxylic acids is 1. The summed E-state index contributed by atoms with van der Waals surface area (Å²) in [5.74, 6) is -1.93. The number of anilines is 4. The van der Waals surface area contributed by atoms with Crippen LogP contribution in [0.25, 0.3) is 11.3 Å². The fourth-order valence-electron chi connectivity index (χ4n) is 4.44. The van der Waals surface area contributed by atoms with Gasteiger partial charge in [-0.15, -0.1) is 0 Å². The molecule has 0 saturated carbocycles. The van der Waals surface area contributed by atoms with Crippen LogP contribution < -0.4 is 21.7 Å². The maximum absolute atomic E-state index is 13.4. The molecule has 0 radical (unpaired) electrons. The molecule has 0 fully saturated rings.